The molecule has 2 aromatic rings. The Kier molecular flexibility index (Phi) is 5.75. The van der Waals surface area contributed by atoms with Gasteiger partial charge in [0, 0.05) is 10.9 Å². The van der Waals surface area contributed by atoms with Crippen molar-refractivity contribution in [2.24, 2.45) is 0 Å². The van der Waals surface area contributed by atoms with Gasteiger partial charge in [-0.05, 0) is 36.6 Å². The van der Waals surface area contributed by atoms with Crippen LogP contribution in [0.25, 0.3) is 10.9 Å². The molecule has 1 aromatic heterocycles. The number of aromatic nitrogens is 1. The van der Waals surface area contributed by atoms with E-state index in [2.05, 4.69) is 39.0 Å². The summed E-state index contributed by atoms with van der Waals surface area (Å²) in [6, 6.07) is 6.28. The van der Waals surface area contributed by atoms with Gasteiger partial charge in [-0.25, -0.2) is 9.78 Å². The molecule has 0 bridgehead atoms. The fourth-order valence-corrected chi connectivity index (χ4v) is 3.20. The minimum absolute atomic E-state index is 0.0575. The first-order valence-corrected chi connectivity index (χ1v) is 9.18. The third-order valence-corrected chi connectivity index (χ3v) is 4.59. The molecular weight excluding hydrogens is 322 g/mol. The van der Waals surface area contributed by atoms with E-state index in [-0.39, 0.29) is 12.0 Å². The molecule has 130 valence electrons. The van der Waals surface area contributed by atoms with Gasteiger partial charge in [-0.15, -0.1) is 11.8 Å². The first-order valence-electron chi connectivity index (χ1n) is 8.20. The number of hydrogen-bond donors (Lipinski definition) is 0. The van der Waals surface area contributed by atoms with Crippen molar-refractivity contribution in [2.45, 2.75) is 52.0 Å². The summed E-state index contributed by atoms with van der Waals surface area (Å²) in [6.45, 7) is 12.6. The molecule has 0 fully saturated rings. The van der Waals surface area contributed by atoms with Crippen LogP contribution in [-0.4, -0.2) is 23.5 Å². The van der Waals surface area contributed by atoms with E-state index in [0.717, 1.165) is 27.2 Å². The molecule has 4 nitrogen and oxygen atoms in total. The van der Waals surface area contributed by atoms with Crippen molar-refractivity contribution in [1.29, 1.82) is 0 Å². The van der Waals surface area contributed by atoms with Crippen molar-refractivity contribution in [1.82, 2.24) is 4.98 Å². The molecule has 0 aliphatic rings. The van der Waals surface area contributed by atoms with Crippen molar-refractivity contribution in [3.63, 3.8) is 0 Å². The van der Waals surface area contributed by atoms with Gasteiger partial charge >= 0.3 is 6.16 Å². The summed E-state index contributed by atoms with van der Waals surface area (Å²) in [4.78, 5) is 16.5. The van der Waals surface area contributed by atoms with Crippen LogP contribution in [0.1, 0.15) is 45.7 Å². The molecule has 0 spiro atoms. The van der Waals surface area contributed by atoms with Crippen molar-refractivity contribution in [3.05, 3.63) is 29.3 Å². The Morgan fingerprint density at radius 1 is 1.25 bits per heavy atom. The Hall–Kier alpha value is -1.75. The van der Waals surface area contributed by atoms with Gasteiger partial charge in [0.15, 0.2) is 5.75 Å². The third kappa shape index (κ3) is 4.01. The maximum atomic E-state index is 11.8. The van der Waals surface area contributed by atoms with E-state index < -0.39 is 6.16 Å². The van der Waals surface area contributed by atoms with E-state index in [4.69, 9.17) is 14.5 Å². The van der Waals surface area contributed by atoms with E-state index in [0.29, 0.717) is 5.75 Å². The Balaban J connectivity index is 2.59. The number of benzene rings is 1. The summed E-state index contributed by atoms with van der Waals surface area (Å²) < 4.78 is 10.3. The molecule has 24 heavy (non-hydrogen) atoms. The lowest BCUT2D eigenvalue weighted by molar-refractivity contribution is 0.103. The van der Waals surface area contributed by atoms with E-state index in [9.17, 15) is 4.79 Å². The largest absolute Gasteiger partial charge is 0.513 e. The summed E-state index contributed by atoms with van der Waals surface area (Å²) in [6.07, 6.45) is -0.689. The standard InChI is InChI=1S/C19H25NO3S/c1-7-22-18(21)23-16-12(3)14-10-9-13(19(4,5)6)11-15(14)20-17(16)24-8-2/h9-11H,7-8H2,1-6H3. The van der Waals surface area contributed by atoms with Gasteiger partial charge < -0.3 is 9.47 Å². The first-order chi connectivity index (χ1) is 11.3. The SMILES string of the molecule is CCOC(=O)Oc1c(SCC)nc2cc(C(C)(C)C)ccc2c1C. The molecule has 1 heterocycles. The average Bonchev–Trinajstić information content (AvgIpc) is 2.50. The number of carbonyl (C=O) groups is 1. The molecule has 0 saturated heterocycles. The lowest BCUT2D eigenvalue weighted by Crippen LogP contribution is -2.13. The van der Waals surface area contributed by atoms with Crippen molar-refractivity contribution >= 4 is 28.8 Å². The van der Waals surface area contributed by atoms with Gasteiger partial charge in [0.2, 0.25) is 0 Å². The van der Waals surface area contributed by atoms with Gasteiger partial charge in [-0.2, -0.15) is 0 Å². The van der Waals surface area contributed by atoms with Gasteiger partial charge in [-0.3, -0.25) is 0 Å². The second kappa shape index (κ2) is 7.43. The van der Waals surface area contributed by atoms with Crippen LogP contribution in [0.3, 0.4) is 0 Å². The number of hydrogen-bond acceptors (Lipinski definition) is 5. The Morgan fingerprint density at radius 2 is 1.96 bits per heavy atom. The van der Waals surface area contributed by atoms with Crippen LogP contribution in [0, 0.1) is 6.92 Å². The number of rotatable bonds is 4. The van der Waals surface area contributed by atoms with Crippen LogP contribution in [0.4, 0.5) is 4.79 Å². The number of pyridine rings is 1. The zero-order valence-corrected chi connectivity index (χ0v) is 16.0. The lowest BCUT2D eigenvalue weighted by Gasteiger charge is -2.20. The quantitative estimate of drug-likeness (QED) is 0.541. The van der Waals surface area contributed by atoms with Crippen LogP contribution in [0.5, 0.6) is 5.75 Å². The molecule has 0 saturated carbocycles. The van der Waals surface area contributed by atoms with Crippen LogP contribution in [0.15, 0.2) is 23.2 Å². The third-order valence-electron chi connectivity index (χ3n) is 3.75. The van der Waals surface area contributed by atoms with Crippen LogP contribution in [0.2, 0.25) is 0 Å². The monoisotopic (exact) mass is 347 g/mol. The number of fused-ring (bicyclic) bond motifs is 1. The zero-order chi connectivity index (χ0) is 17.9. The molecule has 0 radical (unpaired) electrons. The Labute approximate surface area is 147 Å². The van der Waals surface area contributed by atoms with Gasteiger partial charge in [0.1, 0.15) is 5.03 Å². The second-order valence-electron chi connectivity index (χ2n) is 6.57. The minimum Gasteiger partial charge on any atom is -0.434 e. The summed E-state index contributed by atoms with van der Waals surface area (Å²) in [5, 5.41) is 1.71. The zero-order valence-electron chi connectivity index (χ0n) is 15.2. The molecule has 0 aliphatic carbocycles. The topological polar surface area (TPSA) is 48.4 Å². The number of carbonyl (C=O) groups excluding carboxylic acids is 1. The van der Waals surface area contributed by atoms with E-state index >= 15 is 0 Å². The highest BCUT2D eigenvalue weighted by Gasteiger charge is 2.20. The number of aryl methyl sites for hydroxylation is 1. The van der Waals surface area contributed by atoms with Gasteiger partial charge in [0.25, 0.3) is 0 Å². The maximum Gasteiger partial charge on any atom is 0.513 e. The van der Waals surface area contributed by atoms with Crippen molar-refractivity contribution in [3.8, 4) is 5.75 Å². The first kappa shape index (κ1) is 18.6. The molecule has 0 N–H and O–H groups in total. The fourth-order valence-electron chi connectivity index (χ4n) is 2.44. The highest BCUT2D eigenvalue weighted by atomic mass is 32.2. The Bertz CT molecular complexity index is 750. The summed E-state index contributed by atoms with van der Waals surface area (Å²) in [5.74, 6) is 1.34. The molecule has 5 heteroatoms. The van der Waals surface area contributed by atoms with Crippen LogP contribution < -0.4 is 4.74 Å². The fraction of sp³-hybridized carbons (Fsp3) is 0.474. The second-order valence-corrected chi connectivity index (χ2v) is 7.82. The van der Waals surface area contributed by atoms with Crippen LogP contribution >= 0.6 is 11.8 Å². The normalized spacial score (nSPS) is 11.6. The summed E-state index contributed by atoms with van der Waals surface area (Å²) in [7, 11) is 0. The molecule has 1 aromatic carbocycles. The lowest BCUT2D eigenvalue weighted by atomic mass is 9.86. The molecule has 0 aliphatic heterocycles. The summed E-state index contributed by atoms with van der Waals surface area (Å²) in [5.41, 5.74) is 3.12. The van der Waals surface area contributed by atoms with E-state index in [1.165, 1.54) is 5.56 Å². The molecular formula is C19H25NO3S. The van der Waals surface area contributed by atoms with E-state index in [1.807, 2.05) is 13.8 Å². The number of ether oxygens (including phenoxy) is 2. The minimum atomic E-state index is -0.689. The highest BCUT2D eigenvalue weighted by Crippen LogP contribution is 2.37. The van der Waals surface area contributed by atoms with Crippen LogP contribution in [-0.2, 0) is 10.2 Å². The van der Waals surface area contributed by atoms with Gasteiger partial charge in [0.05, 0.1) is 12.1 Å². The Morgan fingerprint density at radius 3 is 2.54 bits per heavy atom. The molecule has 2 rings (SSSR count). The summed E-state index contributed by atoms with van der Waals surface area (Å²) >= 11 is 1.56. The average molecular weight is 347 g/mol. The van der Waals surface area contributed by atoms with E-state index in [1.54, 1.807) is 18.7 Å². The predicted octanol–water partition coefficient (Wildman–Crippen LogP) is 5.49. The molecule has 0 atom stereocenters. The predicted molar refractivity (Wildman–Crippen MR) is 99.2 cm³/mol. The van der Waals surface area contributed by atoms with Crippen molar-refractivity contribution < 1.29 is 14.3 Å². The van der Waals surface area contributed by atoms with Crippen molar-refractivity contribution in [2.75, 3.05) is 12.4 Å². The molecule has 0 unspecified atom stereocenters. The molecule has 0 amide bonds. The highest BCUT2D eigenvalue weighted by molar-refractivity contribution is 7.99. The number of thioether (sulfide) groups is 1. The van der Waals surface area contributed by atoms with Gasteiger partial charge in [-0.1, -0.05) is 39.8 Å². The maximum absolute atomic E-state index is 11.8. The number of nitrogens with zero attached hydrogens (tertiary/aromatic N) is 1. The smallest absolute Gasteiger partial charge is 0.434 e.